The van der Waals surface area contributed by atoms with Crippen LogP contribution in [0.3, 0.4) is 0 Å². The molecule has 0 saturated carbocycles. The first-order valence-corrected chi connectivity index (χ1v) is 6.57. The highest BCUT2D eigenvalue weighted by Gasteiger charge is 2.08. The van der Waals surface area contributed by atoms with Crippen molar-refractivity contribution >= 4 is 0 Å². The lowest BCUT2D eigenvalue weighted by atomic mass is 10.0. The van der Waals surface area contributed by atoms with Gasteiger partial charge < -0.3 is 4.74 Å². The Kier molecular flexibility index (Phi) is 4.64. The van der Waals surface area contributed by atoms with Crippen molar-refractivity contribution in [2.75, 3.05) is 0 Å². The standard InChI is InChI=1S/C16H17N3O/c1-12(2)13-8-9-14(11-18-19-17)16(10-13)20-15-6-4-3-5-7-15/h3-10,12H,11H2,1-2H3. The first kappa shape index (κ1) is 14.0. The average Bonchev–Trinajstić information content (AvgIpc) is 2.47. The first-order chi connectivity index (χ1) is 9.70. The van der Waals surface area contributed by atoms with E-state index in [9.17, 15) is 0 Å². The van der Waals surface area contributed by atoms with Crippen LogP contribution in [0.4, 0.5) is 0 Å². The molecule has 0 saturated heterocycles. The largest absolute Gasteiger partial charge is 0.457 e. The van der Waals surface area contributed by atoms with Gasteiger partial charge in [-0.3, -0.25) is 0 Å². The molecule has 4 heteroatoms. The highest BCUT2D eigenvalue weighted by Crippen LogP contribution is 2.29. The second-order valence-electron chi connectivity index (χ2n) is 4.83. The third kappa shape index (κ3) is 3.53. The van der Waals surface area contributed by atoms with Crippen LogP contribution >= 0.6 is 0 Å². The Balaban J connectivity index is 2.35. The Morgan fingerprint density at radius 1 is 1.15 bits per heavy atom. The number of hydrogen-bond donors (Lipinski definition) is 0. The molecule has 2 aromatic carbocycles. The summed E-state index contributed by atoms with van der Waals surface area (Å²) in [6.07, 6.45) is 0. The predicted octanol–water partition coefficient (Wildman–Crippen LogP) is 5.41. The SMILES string of the molecule is CC(C)c1ccc(CN=[N+]=[N-])c(Oc2ccccc2)c1. The molecule has 4 nitrogen and oxygen atoms in total. The maximum absolute atomic E-state index is 8.47. The van der Waals surface area contributed by atoms with E-state index in [1.165, 1.54) is 5.56 Å². The van der Waals surface area contributed by atoms with Crippen molar-refractivity contribution in [1.29, 1.82) is 0 Å². The topological polar surface area (TPSA) is 58.0 Å². The Bertz CT molecular complexity index is 617. The van der Waals surface area contributed by atoms with E-state index >= 15 is 0 Å². The molecule has 2 aromatic rings. The van der Waals surface area contributed by atoms with Crippen molar-refractivity contribution in [3.8, 4) is 11.5 Å². The van der Waals surface area contributed by atoms with E-state index < -0.39 is 0 Å². The summed E-state index contributed by atoms with van der Waals surface area (Å²) in [6, 6.07) is 15.6. The minimum atomic E-state index is 0.289. The van der Waals surface area contributed by atoms with Gasteiger partial charge in [-0.15, -0.1) is 0 Å². The molecule has 0 aliphatic carbocycles. The van der Waals surface area contributed by atoms with Crippen LogP contribution < -0.4 is 4.74 Å². The van der Waals surface area contributed by atoms with Gasteiger partial charge in [-0.1, -0.05) is 49.3 Å². The third-order valence-electron chi connectivity index (χ3n) is 3.03. The van der Waals surface area contributed by atoms with E-state index in [-0.39, 0.29) is 6.54 Å². The van der Waals surface area contributed by atoms with E-state index in [0.717, 1.165) is 17.1 Å². The van der Waals surface area contributed by atoms with Crippen LogP contribution in [0.2, 0.25) is 0 Å². The van der Waals surface area contributed by atoms with Gasteiger partial charge in [-0.05, 0) is 35.2 Å². The van der Waals surface area contributed by atoms with Crippen LogP contribution in [-0.4, -0.2) is 0 Å². The third-order valence-corrected chi connectivity index (χ3v) is 3.03. The van der Waals surface area contributed by atoms with Crippen molar-refractivity contribution in [3.05, 3.63) is 70.1 Å². The molecule has 0 radical (unpaired) electrons. The fourth-order valence-corrected chi connectivity index (χ4v) is 1.88. The van der Waals surface area contributed by atoms with E-state index in [4.69, 9.17) is 10.3 Å². The molecular formula is C16H17N3O. The Morgan fingerprint density at radius 2 is 1.90 bits per heavy atom. The zero-order valence-electron chi connectivity index (χ0n) is 11.7. The molecule has 20 heavy (non-hydrogen) atoms. The maximum Gasteiger partial charge on any atom is 0.131 e. The molecule has 0 bridgehead atoms. The van der Waals surface area contributed by atoms with Crippen LogP contribution in [0.15, 0.2) is 53.6 Å². The first-order valence-electron chi connectivity index (χ1n) is 6.57. The van der Waals surface area contributed by atoms with Gasteiger partial charge in [0.1, 0.15) is 11.5 Å². The van der Waals surface area contributed by atoms with E-state index in [1.54, 1.807) is 0 Å². The molecule has 0 amide bonds. The summed E-state index contributed by atoms with van der Waals surface area (Å²) in [7, 11) is 0. The molecule has 0 aliphatic rings. The predicted molar refractivity (Wildman–Crippen MR) is 79.9 cm³/mol. The summed E-state index contributed by atoms with van der Waals surface area (Å²) in [5.41, 5.74) is 10.5. The lowest BCUT2D eigenvalue weighted by Crippen LogP contribution is -1.94. The normalized spacial score (nSPS) is 10.2. The molecule has 0 heterocycles. The Morgan fingerprint density at radius 3 is 2.55 bits per heavy atom. The Labute approximate surface area is 118 Å². The second-order valence-corrected chi connectivity index (χ2v) is 4.83. The van der Waals surface area contributed by atoms with Crippen LogP contribution in [0, 0.1) is 0 Å². The maximum atomic E-state index is 8.47. The molecule has 0 aromatic heterocycles. The average molecular weight is 267 g/mol. The van der Waals surface area contributed by atoms with E-state index in [0.29, 0.717) is 5.92 Å². The fourth-order valence-electron chi connectivity index (χ4n) is 1.88. The molecule has 0 atom stereocenters. The second kappa shape index (κ2) is 6.64. The number of ether oxygens (including phenoxy) is 1. The van der Waals surface area contributed by atoms with Crippen LogP contribution in [0.1, 0.15) is 30.9 Å². The van der Waals surface area contributed by atoms with Crippen molar-refractivity contribution in [2.24, 2.45) is 5.11 Å². The number of nitrogens with zero attached hydrogens (tertiary/aromatic N) is 3. The molecular weight excluding hydrogens is 250 g/mol. The summed E-state index contributed by atoms with van der Waals surface area (Å²) in [5, 5.41) is 3.62. The van der Waals surface area contributed by atoms with Gasteiger partial charge in [0.25, 0.3) is 0 Å². The van der Waals surface area contributed by atoms with Gasteiger partial charge in [0.05, 0.1) is 6.54 Å². The van der Waals surface area contributed by atoms with Crippen LogP contribution in [-0.2, 0) is 6.54 Å². The summed E-state index contributed by atoms with van der Waals surface area (Å²) < 4.78 is 5.91. The lowest BCUT2D eigenvalue weighted by molar-refractivity contribution is 0.475. The molecule has 102 valence electrons. The molecule has 0 N–H and O–H groups in total. The summed E-state index contributed by atoms with van der Waals surface area (Å²) in [4.78, 5) is 2.81. The number of rotatable bonds is 5. The van der Waals surface area contributed by atoms with Crippen molar-refractivity contribution in [1.82, 2.24) is 0 Å². The minimum Gasteiger partial charge on any atom is -0.457 e. The molecule has 0 spiro atoms. The Hall–Kier alpha value is -2.45. The van der Waals surface area contributed by atoms with Gasteiger partial charge in [0, 0.05) is 10.5 Å². The number of benzene rings is 2. The van der Waals surface area contributed by atoms with Gasteiger partial charge in [0.2, 0.25) is 0 Å². The van der Waals surface area contributed by atoms with Crippen molar-refractivity contribution in [3.63, 3.8) is 0 Å². The van der Waals surface area contributed by atoms with Gasteiger partial charge in [-0.25, -0.2) is 0 Å². The van der Waals surface area contributed by atoms with Crippen LogP contribution in [0.25, 0.3) is 10.4 Å². The molecule has 0 aliphatic heterocycles. The number of azide groups is 1. The van der Waals surface area contributed by atoms with Crippen molar-refractivity contribution in [2.45, 2.75) is 26.3 Å². The summed E-state index contributed by atoms with van der Waals surface area (Å²) >= 11 is 0. The molecule has 0 fully saturated rings. The van der Waals surface area contributed by atoms with Gasteiger partial charge >= 0.3 is 0 Å². The van der Waals surface area contributed by atoms with Gasteiger partial charge in [-0.2, -0.15) is 0 Å². The minimum absolute atomic E-state index is 0.289. The molecule has 2 rings (SSSR count). The number of para-hydroxylation sites is 1. The fraction of sp³-hybridized carbons (Fsp3) is 0.250. The van der Waals surface area contributed by atoms with Crippen LogP contribution in [0.5, 0.6) is 11.5 Å². The van der Waals surface area contributed by atoms with E-state index in [2.05, 4.69) is 23.9 Å². The summed E-state index contributed by atoms with van der Waals surface area (Å²) in [5.74, 6) is 1.94. The quantitative estimate of drug-likeness (QED) is 0.405. The summed E-state index contributed by atoms with van der Waals surface area (Å²) in [6.45, 7) is 4.56. The lowest BCUT2D eigenvalue weighted by Gasteiger charge is -2.13. The van der Waals surface area contributed by atoms with Gasteiger partial charge in [0.15, 0.2) is 0 Å². The monoisotopic (exact) mass is 267 g/mol. The zero-order chi connectivity index (χ0) is 14.4. The van der Waals surface area contributed by atoms with Crippen molar-refractivity contribution < 1.29 is 4.74 Å². The number of hydrogen-bond acceptors (Lipinski definition) is 2. The smallest absolute Gasteiger partial charge is 0.131 e. The van der Waals surface area contributed by atoms with E-state index in [1.807, 2.05) is 48.5 Å². The molecule has 0 unspecified atom stereocenters. The zero-order valence-corrected chi connectivity index (χ0v) is 11.7. The highest BCUT2D eigenvalue weighted by atomic mass is 16.5. The highest BCUT2D eigenvalue weighted by molar-refractivity contribution is 5.41.